The van der Waals surface area contributed by atoms with Crippen LogP contribution in [0, 0.1) is 0 Å². The molecule has 0 aromatic rings. The van der Waals surface area contributed by atoms with Crippen molar-refractivity contribution in [3.8, 4) is 0 Å². The maximum atomic E-state index is 11.5. The fraction of sp³-hybridized carbons (Fsp3) is 0.625. The van der Waals surface area contributed by atoms with Crippen LogP contribution in [0.5, 0.6) is 0 Å². The normalized spacial score (nSPS) is 19.2. The van der Waals surface area contributed by atoms with E-state index in [1.807, 2.05) is 23.5 Å². The molecule has 1 heterocycles. The van der Waals surface area contributed by atoms with Gasteiger partial charge in [-0.25, -0.2) is 0 Å². The van der Waals surface area contributed by atoms with Crippen LogP contribution in [0.4, 0.5) is 0 Å². The van der Waals surface area contributed by atoms with Crippen LogP contribution in [0.25, 0.3) is 0 Å². The fourth-order valence-electron chi connectivity index (χ4n) is 1.24. The lowest BCUT2D eigenvalue weighted by molar-refractivity contribution is -0.108. The van der Waals surface area contributed by atoms with Gasteiger partial charge in [0.05, 0.1) is 4.58 Å². The minimum atomic E-state index is 0. The van der Waals surface area contributed by atoms with E-state index < -0.39 is 0 Å². The smallest absolute Gasteiger partial charge is 0.214 e. The molecule has 0 aromatic carbocycles. The molecule has 1 saturated heterocycles. The topological polar surface area (TPSA) is 34.1 Å². The van der Waals surface area contributed by atoms with Gasteiger partial charge in [0.25, 0.3) is 0 Å². The summed E-state index contributed by atoms with van der Waals surface area (Å²) in [6.07, 6.45) is 0. The molecule has 0 spiro atoms. The van der Waals surface area contributed by atoms with E-state index >= 15 is 0 Å². The van der Waals surface area contributed by atoms with E-state index in [1.54, 1.807) is 13.8 Å². The highest BCUT2D eigenvalue weighted by Gasteiger charge is 2.27. The van der Waals surface area contributed by atoms with Gasteiger partial charge in [-0.05, 0) is 25.0 Å². The Morgan fingerprint density at radius 2 is 1.45 bits per heavy atom. The molecule has 0 amide bonds. The van der Waals surface area contributed by atoms with Crippen LogP contribution in [0.3, 0.4) is 0 Å². The van der Waals surface area contributed by atoms with Crippen LogP contribution in [-0.2, 0) is 9.59 Å². The van der Waals surface area contributed by atoms with Crippen LogP contribution in [0.15, 0.2) is 24.3 Å². The van der Waals surface area contributed by atoms with Crippen molar-refractivity contribution in [3.05, 3.63) is 24.3 Å². The summed E-state index contributed by atoms with van der Waals surface area (Å²) >= 11 is 6.45. The second-order valence-corrected chi connectivity index (χ2v) is 9.31. The summed E-state index contributed by atoms with van der Waals surface area (Å²) < 4.78 is 0.443. The number of carbonyl (C=O) groups excluding carboxylic acids is 2. The maximum absolute atomic E-state index is 11.5. The van der Waals surface area contributed by atoms with Crippen molar-refractivity contribution in [3.63, 3.8) is 0 Å². The number of hydrogen-bond acceptors (Lipinski definition) is 6. The standard InChI is InChI=1S/C13H18O2S4.3CH4/c1-8(2)12(14)17-6-10-5-16-11(19-10)7-18-13(15)9(3)4;;;/h10-11H,1,3,5-7H2,2,4H3;3*1H4. The first-order chi connectivity index (χ1) is 8.90. The predicted octanol–water partition coefficient (Wildman–Crippen LogP) is 5.74. The lowest BCUT2D eigenvalue weighted by Crippen LogP contribution is -2.08. The number of thioether (sulfide) groups is 4. The molecule has 1 aliphatic rings. The van der Waals surface area contributed by atoms with E-state index in [0.29, 0.717) is 21.0 Å². The zero-order valence-electron chi connectivity index (χ0n) is 11.1. The maximum Gasteiger partial charge on any atom is 0.214 e. The average Bonchev–Trinajstić information content (AvgIpc) is 2.80. The van der Waals surface area contributed by atoms with E-state index in [1.165, 1.54) is 23.5 Å². The van der Waals surface area contributed by atoms with Crippen molar-refractivity contribution in [2.24, 2.45) is 0 Å². The van der Waals surface area contributed by atoms with Gasteiger partial charge >= 0.3 is 0 Å². The van der Waals surface area contributed by atoms with E-state index in [2.05, 4.69) is 13.2 Å². The Bertz CT molecular complexity index is 358. The Morgan fingerprint density at radius 3 is 1.91 bits per heavy atom. The van der Waals surface area contributed by atoms with Gasteiger partial charge in [0.2, 0.25) is 10.2 Å². The molecular weight excluding hydrogens is 352 g/mol. The average molecular weight is 383 g/mol. The number of hydrogen-bond donors (Lipinski definition) is 0. The largest absolute Gasteiger partial charge is 0.282 e. The van der Waals surface area contributed by atoms with Crippen molar-refractivity contribution < 1.29 is 9.59 Å². The third-order valence-electron chi connectivity index (χ3n) is 2.26. The molecule has 1 rings (SSSR count). The van der Waals surface area contributed by atoms with Crippen LogP contribution < -0.4 is 0 Å². The van der Waals surface area contributed by atoms with Gasteiger partial charge in [-0.15, -0.1) is 23.5 Å². The molecule has 0 N–H and O–H groups in total. The molecule has 1 aliphatic heterocycles. The SMILES string of the molecule is C.C.C.C=C(C)C(=O)SCC1CSC(CSC(=O)C(=C)C)S1. The Kier molecular flexibility index (Phi) is 16.8. The van der Waals surface area contributed by atoms with Gasteiger partial charge < -0.3 is 0 Å². The third-order valence-corrected chi connectivity index (χ3v) is 8.46. The summed E-state index contributed by atoms with van der Waals surface area (Å²) in [5, 5.41) is 0.654. The molecule has 0 saturated carbocycles. The number of rotatable bonds is 6. The molecule has 2 nitrogen and oxygen atoms in total. The third kappa shape index (κ3) is 10.1. The Hall–Kier alpha value is 0.220. The van der Waals surface area contributed by atoms with E-state index in [0.717, 1.165) is 17.3 Å². The second-order valence-electron chi connectivity index (χ2n) is 4.28. The van der Waals surface area contributed by atoms with Crippen LogP contribution in [-0.4, -0.2) is 37.3 Å². The Balaban J connectivity index is -0.00000120. The van der Waals surface area contributed by atoms with Crippen molar-refractivity contribution in [1.82, 2.24) is 0 Å². The van der Waals surface area contributed by atoms with Crippen molar-refractivity contribution >= 4 is 57.3 Å². The Labute approximate surface area is 154 Å². The first-order valence-corrected chi connectivity index (χ1v) is 9.78. The molecule has 22 heavy (non-hydrogen) atoms. The molecule has 0 aliphatic carbocycles. The molecule has 1 fully saturated rings. The van der Waals surface area contributed by atoms with E-state index in [4.69, 9.17) is 0 Å². The lowest BCUT2D eigenvalue weighted by atomic mass is 10.4. The van der Waals surface area contributed by atoms with E-state index in [-0.39, 0.29) is 32.5 Å². The van der Waals surface area contributed by atoms with Crippen LogP contribution in [0.2, 0.25) is 0 Å². The summed E-state index contributed by atoms with van der Waals surface area (Å²) in [4.78, 5) is 22.9. The van der Waals surface area contributed by atoms with Crippen molar-refractivity contribution in [2.45, 2.75) is 46.0 Å². The lowest BCUT2D eigenvalue weighted by Gasteiger charge is -2.09. The Morgan fingerprint density at radius 1 is 1.00 bits per heavy atom. The molecule has 0 radical (unpaired) electrons. The first kappa shape index (κ1) is 27.1. The van der Waals surface area contributed by atoms with Gasteiger partial charge in [0.15, 0.2) is 0 Å². The minimum absolute atomic E-state index is 0. The van der Waals surface area contributed by atoms with Gasteiger partial charge in [0, 0.05) is 22.5 Å². The quantitative estimate of drug-likeness (QED) is 0.545. The highest BCUT2D eigenvalue weighted by Crippen LogP contribution is 2.41. The van der Waals surface area contributed by atoms with Crippen molar-refractivity contribution in [1.29, 1.82) is 0 Å². The van der Waals surface area contributed by atoms with Gasteiger partial charge in [-0.3, -0.25) is 9.59 Å². The predicted molar refractivity (Wildman–Crippen MR) is 112 cm³/mol. The van der Waals surface area contributed by atoms with Crippen LogP contribution >= 0.6 is 47.0 Å². The highest BCUT2D eigenvalue weighted by atomic mass is 32.2. The van der Waals surface area contributed by atoms with Crippen LogP contribution in [0.1, 0.15) is 36.1 Å². The molecule has 0 bridgehead atoms. The highest BCUT2D eigenvalue weighted by molar-refractivity contribution is 8.23. The molecule has 2 atom stereocenters. The minimum Gasteiger partial charge on any atom is -0.282 e. The zero-order valence-corrected chi connectivity index (χ0v) is 14.4. The summed E-state index contributed by atoms with van der Waals surface area (Å²) in [7, 11) is 0. The summed E-state index contributed by atoms with van der Waals surface area (Å²) in [6.45, 7) is 10.8. The monoisotopic (exact) mass is 382 g/mol. The molecule has 0 aromatic heterocycles. The van der Waals surface area contributed by atoms with Crippen molar-refractivity contribution in [2.75, 3.05) is 17.3 Å². The summed E-state index contributed by atoms with van der Waals surface area (Å²) in [6, 6.07) is 0. The molecule has 6 heteroatoms. The molecule has 2 unspecified atom stereocenters. The van der Waals surface area contributed by atoms with E-state index in [9.17, 15) is 9.59 Å². The molecule has 130 valence electrons. The fourth-order valence-corrected chi connectivity index (χ4v) is 6.80. The summed E-state index contributed by atoms with van der Waals surface area (Å²) in [5.74, 6) is 2.70. The summed E-state index contributed by atoms with van der Waals surface area (Å²) in [5.41, 5.74) is 1.22. The number of carbonyl (C=O) groups is 2. The molecular formula is C16H30O2S4. The van der Waals surface area contributed by atoms with Gasteiger partial charge in [-0.1, -0.05) is 59.0 Å². The second kappa shape index (κ2) is 13.6. The van der Waals surface area contributed by atoms with Gasteiger partial charge in [-0.2, -0.15) is 0 Å². The van der Waals surface area contributed by atoms with Gasteiger partial charge in [0.1, 0.15) is 0 Å². The first-order valence-electron chi connectivity index (χ1n) is 5.82. The zero-order chi connectivity index (χ0) is 14.4.